The number of aromatic nitrogens is 9. The number of thiophene rings is 6. The van der Waals surface area contributed by atoms with Crippen LogP contribution in [-0.2, 0) is 50.6 Å². The number of hydrogen-bond acceptors (Lipinski definition) is 29. The quantitative estimate of drug-likeness (QED) is 0.0431. The summed E-state index contributed by atoms with van der Waals surface area (Å²) >= 11 is 10.2. The van der Waals surface area contributed by atoms with E-state index < -0.39 is 79.0 Å². The molecule has 4 N–H and O–H groups in total. The van der Waals surface area contributed by atoms with Crippen LogP contribution in [0.3, 0.4) is 0 Å². The molecule has 12 aromatic rings. The Morgan fingerprint density at radius 3 is 1.31 bits per heavy atom. The van der Waals surface area contributed by atoms with Gasteiger partial charge in [-0.3, -0.25) is 32.2 Å². The molecule has 0 aromatic carbocycles. The first-order chi connectivity index (χ1) is 46.2. The van der Waals surface area contributed by atoms with Crippen molar-refractivity contribution < 1.29 is 85.5 Å². The van der Waals surface area contributed by atoms with E-state index in [4.69, 9.17) is 23.8 Å². The van der Waals surface area contributed by atoms with E-state index >= 15 is 0 Å². The Morgan fingerprint density at radius 1 is 0.542 bits per heavy atom. The van der Waals surface area contributed by atoms with Crippen LogP contribution in [0.5, 0.6) is 0 Å². The number of ether oxygens (including phenoxy) is 4. The van der Waals surface area contributed by atoms with E-state index in [1.165, 1.54) is 37.6 Å². The summed E-state index contributed by atoms with van der Waals surface area (Å²) in [4.78, 5) is 91.2. The van der Waals surface area contributed by atoms with Crippen molar-refractivity contribution in [1.29, 1.82) is 0 Å². The zero-order valence-electron chi connectivity index (χ0n) is 50.1. The molecular weight excluding hydrogens is 1420 g/mol. The molecule has 0 bridgehead atoms. The summed E-state index contributed by atoms with van der Waals surface area (Å²) in [6.07, 6.45) is 6.36. The number of fused-ring (bicyclic) bond motifs is 3. The lowest BCUT2D eigenvalue weighted by atomic mass is 10.1. The van der Waals surface area contributed by atoms with Gasteiger partial charge in [0.05, 0.1) is 50.5 Å². The Bertz CT molecular complexity index is 4820. The molecule has 36 heteroatoms. The van der Waals surface area contributed by atoms with Gasteiger partial charge in [0, 0.05) is 105 Å². The summed E-state index contributed by atoms with van der Waals surface area (Å²) in [7, 11) is -17.6. The number of nitrogens with zero attached hydrogens (tertiary/aromatic N) is 9. The predicted molar refractivity (Wildman–Crippen MR) is 356 cm³/mol. The first-order valence-electron chi connectivity index (χ1n) is 29.4. The van der Waals surface area contributed by atoms with Gasteiger partial charge in [-0.25, -0.2) is 38.5 Å². The Balaban J connectivity index is 0.000000133. The fourth-order valence-corrected chi connectivity index (χ4v) is 19.7. The summed E-state index contributed by atoms with van der Waals surface area (Å²) in [5.41, 5.74) is 7.12. The first kappa shape index (κ1) is 68.2. The number of imidazole rings is 3. The fourth-order valence-electron chi connectivity index (χ4n) is 11.2. The predicted octanol–water partition coefficient (Wildman–Crippen LogP) is 11.0. The van der Waals surface area contributed by atoms with Gasteiger partial charge in [-0.15, -0.1) is 68.0 Å². The van der Waals surface area contributed by atoms with Crippen molar-refractivity contribution in [3.63, 3.8) is 0 Å². The van der Waals surface area contributed by atoms with Crippen molar-refractivity contribution in [3.05, 3.63) is 145 Å². The summed E-state index contributed by atoms with van der Waals surface area (Å²) in [6, 6.07) is 30.8. The van der Waals surface area contributed by atoms with Crippen LogP contribution in [-0.4, -0.2) is 120 Å². The topological polar surface area (TPSA) is 375 Å². The fraction of sp³-hybridized carbons (Fsp3) is 0.283. The van der Waals surface area contributed by atoms with Crippen LogP contribution in [0.1, 0.15) is 58.2 Å². The SMILES string of the molecule is CC(=O)OC1C[C@H](n2cnc3c(-c4ccc(-c5cccs5)s4)ccnc32)O[C@@H]1CO.CC[C@H]1O[C@@H](n2cnc3c(-c4ccc(-c5cccs5)s4)ccnc32)CC1O.O=P([O-])(O)OP(=O)([O-])OP(=O)([O-])OC[C@H]1O[C@@H](n2cnc3c(-c4ccc(-c5cccs5)s4)ccnc32)CC1O. The van der Waals surface area contributed by atoms with Crippen molar-refractivity contribution in [2.24, 2.45) is 0 Å². The third-order valence-corrected chi connectivity index (χ3v) is 25.8. The van der Waals surface area contributed by atoms with Crippen molar-refractivity contribution in [1.82, 2.24) is 43.6 Å². The second-order valence-electron chi connectivity index (χ2n) is 21.8. The Kier molecular flexibility index (Phi) is 20.5. The number of aliphatic hydroxyl groups is 3. The molecule has 12 atom stereocenters. The number of phosphoric ester groups is 1. The second-order valence-corrected chi connectivity index (χ2v) is 32.1. The monoisotopic (exact) mass is 1470 g/mol. The lowest BCUT2D eigenvalue weighted by molar-refractivity contribution is -0.250. The molecule has 0 radical (unpaired) electrons. The number of aliphatic hydroxyl groups excluding tert-OH is 3. The Hall–Kier alpha value is -6.30. The molecule has 3 aliphatic heterocycles. The van der Waals surface area contributed by atoms with Crippen LogP contribution in [0.25, 0.3) is 94.1 Å². The van der Waals surface area contributed by atoms with Gasteiger partial charge in [0.25, 0.3) is 23.5 Å². The highest BCUT2D eigenvalue weighted by molar-refractivity contribution is 7.65. The minimum absolute atomic E-state index is 0.00995. The average molecular weight is 1480 g/mol. The van der Waals surface area contributed by atoms with E-state index in [9.17, 15) is 48.5 Å². The molecular formula is C60H55N9O18P3S6-3. The maximum absolute atomic E-state index is 11.8. The van der Waals surface area contributed by atoms with E-state index in [0.29, 0.717) is 29.7 Å². The van der Waals surface area contributed by atoms with E-state index in [-0.39, 0.29) is 25.4 Å². The molecule has 15 rings (SSSR count). The lowest BCUT2D eigenvalue weighted by Crippen LogP contribution is -2.29. The van der Waals surface area contributed by atoms with E-state index in [2.05, 4.69) is 102 Å². The first-order valence-corrected chi connectivity index (χ1v) is 38.9. The molecule has 12 aromatic heterocycles. The molecule has 96 heavy (non-hydrogen) atoms. The number of hydrogen-bond donors (Lipinski definition) is 4. The maximum Gasteiger partial charge on any atom is 0.302 e. The van der Waals surface area contributed by atoms with Crippen LogP contribution in [0.2, 0.25) is 0 Å². The van der Waals surface area contributed by atoms with Gasteiger partial charge in [-0.2, -0.15) is 0 Å². The van der Waals surface area contributed by atoms with Gasteiger partial charge in [0.1, 0.15) is 53.5 Å². The van der Waals surface area contributed by atoms with E-state index in [1.54, 1.807) is 97.6 Å². The van der Waals surface area contributed by atoms with Crippen LogP contribution in [0.15, 0.2) is 145 Å². The van der Waals surface area contributed by atoms with Crippen molar-refractivity contribution >= 4 is 131 Å². The lowest BCUT2D eigenvalue weighted by Gasteiger charge is -2.33. The van der Waals surface area contributed by atoms with Crippen molar-refractivity contribution in [2.45, 2.75) is 94.8 Å². The third-order valence-electron chi connectivity index (χ3n) is 15.5. The molecule has 6 unspecified atom stereocenters. The molecule has 0 amide bonds. The smallest absolute Gasteiger partial charge is 0.302 e. The molecule has 0 aliphatic carbocycles. The minimum atomic E-state index is -6.03. The average Bonchev–Trinajstić information content (AvgIpc) is 1.64. The Labute approximate surface area is 569 Å². The van der Waals surface area contributed by atoms with Gasteiger partial charge in [-0.1, -0.05) is 25.1 Å². The largest absolute Gasteiger partial charge is 0.756 e. The molecule has 0 saturated carbocycles. The second kappa shape index (κ2) is 28.9. The van der Waals surface area contributed by atoms with Gasteiger partial charge in [0.2, 0.25) is 0 Å². The van der Waals surface area contributed by atoms with Gasteiger partial charge >= 0.3 is 5.97 Å². The van der Waals surface area contributed by atoms with Crippen LogP contribution >= 0.6 is 91.5 Å². The van der Waals surface area contributed by atoms with Gasteiger partial charge in [0.15, 0.2) is 16.9 Å². The number of phosphoric acid groups is 3. The zero-order valence-corrected chi connectivity index (χ0v) is 57.7. The maximum atomic E-state index is 11.8. The molecule has 27 nitrogen and oxygen atoms in total. The van der Waals surface area contributed by atoms with E-state index in [0.717, 1.165) is 59.3 Å². The number of carbonyl (C=O) groups excluding carboxylic acids is 1. The highest BCUT2D eigenvalue weighted by Gasteiger charge is 2.40. The number of esters is 1. The van der Waals surface area contributed by atoms with Crippen LogP contribution in [0, 0.1) is 0 Å². The normalized spacial score (nSPS) is 22.9. The number of carbonyl (C=O) groups is 1. The molecule has 3 aliphatic rings. The van der Waals surface area contributed by atoms with Crippen molar-refractivity contribution in [3.8, 4) is 60.6 Å². The molecule has 0 spiro atoms. The summed E-state index contributed by atoms with van der Waals surface area (Å²) in [5, 5.41) is 36.3. The highest BCUT2D eigenvalue weighted by Crippen LogP contribution is 2.61. The number of rotatable bonds is 19. The Morgan fingerprint density at radius 2 is 0.938 bits per heavy atom. The van der Waals surface area contributed by atoms with Crippen LogP contribution < -0.4 is 14.7 Å². The van der Waals surface area contributed by atoms with Gasteiger partial charge in [-0.05, 0) is 95.4 Å². The standard InChI is InChI=1S/C21H19N3O4S2.C20H19N3O2S2.C19H20N3O12P3S2/c1-12(26)27-14-9-19(28-15(14)10-25)24-11-23-20-13(6-7-22-21(20)24)16-4-5-18(30-16)17-3-2-8-29-17;1-2-14-13(24)10-18(25-14)23-11-22-19-12(7-8-21-20(19)23)15-5-6-17(27-15)16-4-3-9-26-16;23-12-8-17(32-13(12)9-31-36(27,28)34-37(29,30)33-35(24,25)26)22-10-21-18-11(5-6-20-19(18)22)14-3-4-16(39-14)15-2-1-7-38-15/h2-8,11,14-15,19,25H,9-10H2,1H3;3-9,11,13-14,18,24H,2,10H2,1H3;1-7,10,12-13,17,23H,8-9H2,(H,27,28)(H,29,30)(H2,24,25,26)/p-3/t14?,15-,19-;13?,14-,18-;12?,13-,17-/m111/s1. The summed E-state index contributed by atoms with van der Waals surface area (Å²) in [6.45, 7) is 2.29. The minimum Gasteiger partial charge on any atom is -0.756 e. The van der Waals surface area contributed by atoms with Crippen molar-refractivity contribution in [2.75, 3.05) is 13.2 Å². The van der Waals surface area contributed by atoms with Gasteiger partial charge < -0.3 is 58.4 Å². The zero-order chi connectivity index (χ0) is 67.0. The molecule has 3 fully saturated rings. The van der Waals surface area contributed by atoms with E-state index in [1.807, 2.05) is 70.1 Å². The molecule has 502 valence electrons. The highest BCUT2D eigenvalue weighted by atomic mass is 32.1. The number of pyridine rings is 3. The summed E-state index contributed by atoms with van der Waals surface area (Å²) < 4.78 is 73.3. The summed E-state index contributed by atoms with van der Waals surface area (Å²) in [5.74, 6) is -0.391. The molecule has 15 heterocycles. The van der Waals surface area contributed by atoms with Crippen LogP contribution in [0.4, 0.5) is 0 Å². The third kappa shape index (κ3) is 15.1. The molecule has 3 saturated heterocycles.